The van der Waals surface area contributed by atoms with E-state index >= 15 is 0 Å². The van der Waals surface area contributed by atoms with E-state index in [4.69, 9.17) is 5.11 Å². The van der Waals surface area contributed by atoms with Gasteiger partial charge in [-0.3, -0.25) is 14.4 Å². The monoisotopic (exact) mass is 463 g/mol. The molecule has 2 atom stereocenters. The minimum atomic E-state index is -1.15. The van der Waals surface area contributed by atoms with Gasteiger partial charge >= 0.3 is 5.97 Å². The Bertz CT molecular complexity index is 606. The Labute approximate surface area is 159 Å². The molecule has 0 fully saturated rings. The summed E-state index contributed by atoms with van der Waals surface area (Å²) in [6.07, 6.45) is 0.372. The first-order chi connectivity index (χ1) is 11.7. The molecule has 138 valence electrons. The fourth-order valence-electron chi connectivity index (χ4n) is 2.11. The van der Waals surface area contributed by atoms with E-state index < -0.39 is 30.5 Å². The van der Waals surface area contributed by atoms with Crippen LogP contribution in [0.25, 0.3) is 0 Å². The minimum absolute atomic E-state index is 0.141. The molecule has 0 saturated heterocycles. The average Bonchev–Trinajstić information content (AvgIpc) is 2.56. The van der Waals surface area contributed by atoms with Gasteiger partial charge in [0, 0.05) is 22.9 Å². The fraction of sp³-hybridized carbons (Fsp3) is 0.438. The predicted molar refractivity (Wildman–Crippen MR) is 100 cm³/mol. The molecule has 0 aliphatic heterocycles. The third-order valence-electron chi connectivity index (χ3n) is 3.49. The van der Waals surface area contributed by atoms with Crippen LogP contribution in [0.5, 0.6) is 5.75 Å². The maximum absolute atomic E-state index is 12.5. The smallest absolute Gasteiger partial charge is 0.322 e. The molecule has 0 saturated carbocycles. The molecule has 2 amide bonds. The molecule has 0 heterocycles. The van der Waals surface area contributed by atoms with Crippen molar-refractivity contribution in [1.82, 2.24) is 14.2 Å². The van der Waals surface area contributed by atoms with E-state index in [0.29, 0.717) is 6.42 Å². The summed E-state index contributed by atoms with van der Waals surface area (Å²) in [6.45, 7) is 3.02. The van der Waals surface area contributed by atoms with Crippen LogP contribution < -0.4 is 14.2 Å². The largest absolute Gasteiger partial charge is 0.508 e. The number of hydrogen-bond donors (Lipinski definition) is 5. The van der Waals surface area contributed by atoms with Gasteiger partial charge in [0.25, 0.3) is 0 Å². The molecule has 1 rings (SSSR count). The van der Waals surface area contributed by atoms with Crippen LogP contribution in [-0.2, 0) is 20.8 Å². The van der Waals surface area contributed by atoms with Crippen LogP contribution in [0.4, 0.5) is 0 Å². The Balaban J connectivity index is 2.74. The number of amides is 2. The Hall–Kier alpha value is -1.88. The van der Waals surface area contributed by atoms with Gasteiger partial charge in [0.1, 0.15) is 18.3 Å². The average molecular weight is 463 g/mol. The van der Waals surface area contributed by atoms with Crippen molar-refractivity contribution in [3.8, 4) is 5.75 Å². The second-order valence-electron chi connectivity index (χ2n) is 5.87. The highest BCUT2D eigenvalue weighted by Gasteiger charge is 2.27. The number of rotatable bonds is 9. The molecule has 25 heavy (non-hydrogen) atoms. The van der Waals surface area contributed by atoms with Crippen LogP contribution >= 0.6 is 22.9 Å². The predicted octanol–water partition coefficient (Wildman–Crippen LogP) is 0.584. The number of phenols is 1. The number of aromatic hydroxyl groups is 1. The van der Waals surface area contributed by atoms with Crippen molar-refractivity contribution in [2.45, 2.75) is 32.4 Å². The Kier molecular flexibility index (Phi) is 8.62. The van der Waals surface area contributed by atoms with Gasteiger partial charge in [0.15, 0.2) is 0 Å². The molecular formula is C16H22IN3O5. The molecule has 0 radical (unpaired) electrons. The Morgan fingerprint density at radius 2 is 1.72 bits per heavy atom. The summed E-state index contributed by atoms with van der Waals surface area (Å²) in [5.74, 6) is -2.13. The molecule has 0 unspecified atom stereocenters. The third-order valence-corrected chi connectivity index (χ3v) is 4.24. The number of phenolic OH excluding ortho intramolecular Hbond substituents is 1. The highest BCUT2D eigenvalue weighted by atomic mass is 127. The number of hydrogen-bond acceptors (Lipinski definition) is 5. The highest BCUT2D eigenvalue weighted by Crippen LogP contribution is 2.12. The highest BCUT2D eigenvalue weighted by molar-refractivity contribution is 14.1. The lowest BCUT2D eigenvalue weighted by Gasteiger charge is -2.24. The summed E-state index contributed by atoms with van der Waals surface area (Å²) in [7, 11) is 0. The number of carboxylic acids is 1. The summed E-state index contributed by atoms with van der Waals surface area (Å²) in [5, 5.41) is 22.9. The number of carboxylic acid groups (broad SMARTS) is 1. The first kappa shape index (κ1) is 21.2. The van der Waals surface area contributed by atoms with Crippen LogP contribution in [-0.4, -0.2) is 46.6 Å². The second-order valence-corrected chi connectivity index (χ2v) is 6.50. The van der Waals surface area contributed by atoms with Crippen LogP contribution in [0.1, 0.15) is 19.4 Å². The topological polar surface area (TPSA) is 128 Å². The van der Waals surface area contributed by atoms with Gasteiger partial charge in [-0.2, -0.15) is 0 Å². The number of benzene rings is 1. The van der Waals surface area contributed by atoms with Gasteiger partial charge in [-0.25, -0.2) is 3.53 Å². The van der Waals surface area contributed by atoms with Gasteiger partial charge < -0.3 is 20.8 Å². The molecule has 0 spiro atoms. The van der Waals surface area contributed by atoms with E-state index in [1.165, 1.54) is 12.1 Å². The van der Waals surface area contributed by atoms with Crippen LogP contribution in [0, 0.1) is 5.92 Å². The summed E-state index contributed by atoms with van der Waals surface area (Å²) in [4.78, 5) is 35.1. The quantitative estimate of drug-likeness (QED) is 0.270. The molecule has 0 aromatic heterocycles. The number of nitrogens with one attached hydrogen (secondary N) is 3. The van der Waals surface area contributed by atoms with E-state index in [2.05, 4.69) is 14.2 Å². The summed E-state index contributed by atoms with van der Waals surface area (Å²) >= 11 is 1.87. The molecule has 0 aliphatic carbocycles. The lowest BCUT2D eigenvalue weighted by Crippen LogP contribution is -2.54. The zero-order chi connectivity index (χ0) is 19.0. The first-order valence-corrected chi connectivity index (χ1v) is 8.76. The molecule has 5 N–H and O–H groups in total. The van der Waals surface area contributed by atoms with E-state index in [1.54, 1.807) is 26.0 Å². The maximum atomic E-state index is 12.5. The minimum Gasteiger partial charge on any atom is -0.508 e. The van der Waals surface area contributed by atoms with E-state index in [9.17, 15) is 19.5 Å². The maximum Gasteiger partial charge on any atom is 0.322 e. The van der Waals surface area contributed by atoms with Crippen LogP contribution in [0.2, 0.25) is 0 Å². The summed E-state index contributed by atoms with van der Waals surface area (Å²) < 4.78 is 2.87. The van der Waals surface area contributed by atoms with Crippen molar-refractivity contribution in [3.05, 3.63) is 29.8 Å². The Morgan fingerprint density at radius 1 is 1.12 bits per heavy atom. The fourth-order valence-corrected chi connectivity index (χ4v) is 2.61. The second kappa shape index (κ2) is 10.2. The molecule has 0 aliphatic rings. The molecular weight excluding hydrogens is 441 g/mol. The number of halogens is 1. The number of aliphatic carboxylic acids is 1. The summed E-state index contributed by atoms with van der Waals surface area (Å²) in [6, 6.07) is 5.07. The zero-order valence-electron chi connectivity index (χ0n) is 14.0. The van der Waals surface area contributed by atoms with Gasteiger partial charge in [0.05, 0.1) is 6.04 Å². The van der Waals surface area contributed by atoms with Crippen molar-refractivity contribution < 1.29 is 24.6 Å². The Morgan fingerprint density at radius 3 is 2.20 bits per heavy atom. The van der Waals surface area contributed by atoms with Crippen LogP contribution in [0.15, 0.2) is 24.3 Å². The van der Waals surface area contributed by atoms with Crippen molar-refractivity contribution in [3.63, 3.8) is 0 Å². The molecule has 8 nitrogen and oxygen atoms in total. The molecule has 1 aromatic carbocycles. The normalized spacial score (nSPS) is 13.1. The lowest BCUT2D eigenvalue weighted by molar-refractivity contribution is -0.138. The van der Waals surface area contributed by atoms with Gasteiger partial charge in [-0.15, -0.1) is 0 Å². The van der Waals surface area contributed by atoms with E-state index in [-0.39, 0.29) is 17.6 Å². The number of carbonyl (C=O) groups excluding carboxylic acids is 2. The number of carbonyl (C=O) groups is 3. The van der Waals surface area contributed by atoms with Crippen molar-refractivity contribution in [2.24, 2.45) is 5.92 Å². The lowest BCUT2D eigenvalue weighted by atomic mass is 10.0. The van der Waals surface area contributed by atoms with Crippen molar-refractivity contribution >= 4 is 40.6 Å². The molecule has 1 aromatic rings. The van der Waals surface area contributed by atoms with Gasteiger partial charge in [-0.1, -0.05) is 26.0 Å². The molecule has 0 bridgehead atoms. The van der Waals surface area contributed by atoms with E-state index in [0.717, 1.165) is 5.56 Å². The first-order valence-electron chi connectivity index (χ1n) is 7.68. The third kappa shape index (κ3) is 7.26. The van der Waals surface area contributed by atoms with Crippen LogP contribution in [0.3, 0.4) is 0 Å². The summed E-state index contributed by atoms with van der Waals surface area (Å²) in [5.41, 5.74) is 0.846. The van der Waals surface area contributed by atoms with Gasteiger partial charge in [0.2, 0.25) is 11.8 Å². The van der Waals surface area contributed by atoms with Gasteiger partial charge in [-0.05, 0) is 30.0 Å². The zero-order valence-corrected chi connectivity index (χ0v) is 16.1. The van der Waals surface area contributed by atoms with Crippen molar-refractivity contribution in [1.29, 1.82) is 0 Å². The van der Waals surface area contributed by atoms with Crippen molar-refractivity contribution in [2.75, 3.05) is 6.54 Å². The SMILES string of the molecule is CC(C)[C@H](NC(=O)[C@@H](Cc1ccc(O)cc1)NI)C(=O)NCC(=O)O. The molecule has 9 heteroatoms. The standard InChI is InChI=1S/C16H22IN3O5/c1-9(2)14(16(25)18-8-13(22)23)19-15(24)12(20-17)7-10-3-5-11(21)6-4-10/h3-6,9,12,14,20-21H,7-8H2,1-2H3,(H,18,25)(H,19,24)(H,22,23)/t12-,14+/m1/s1. The van der Waals surface area contributed by atoms with E-state index in [1.807, 2.05) is 22.9 Å².